The van der Waals surface area contributed by atoms with Gasteiger partial charge in [-0.25, -0.2) is 0 Å². The van der Waals surface area contributed by atoms with Crippen molar-refractivity contribution in [3.8, 4) is 16.3 Å². The molecule has 0 amide bonds. The number of aromatic nitrogens is 2. The molecule has 33 heavy (non-hydrogen) atoms. The lowest BCUT2D eigenvalue weighted by Gasteiger charge is -2.27. The molecule has 184 valence electrons. The molecule has 1 aliphatic rings. The van der Waals surface area contributed by atoms with E-state index in [-0.39, 0.29) is 0 Å². The third-order valence-corrected chi connectivity index (χ3v) is 8.36. The normalized spacial score (nSPS) is 18.5. The standard InChI is InChI=1S/C29H46N2OS/c1-3-5-7-8-9-10-11-13-23-32-27-21-19-26(20-22-27)29-31-30-28(33-29)25-17-15-24(16-18-25)14-12-6-4-2/h19-22,24-25H,3-18,23H2,1-2H3. The molecule has 0 saturated heterocycles. The van der Waals surface area contributed by atoms with Crippen molar-refractivity contribution in [1.29, 1.82) is 0 Å². The smallest absolute Gasteiger partial charge is 0.147 e. The van der Waals surface area contributed by atoms with Crippen LogP contribution in [-0.4, -0.2) is 16.8 Å². The summed E-state index contributed by atoms with van der Waals surface area (Å²) in [6.45, 7) is 5.39. The monoisotopic (exact) mass is 470 g/mol. The molecular formula is C29H46N2OS. The van der Waals surface area contributed by atoms with Crippen molar-refractivity contribution in [1.82, 2.24) is 10.2 Å². The van der Waals surface area contributed by atoms with Crippen LogP contribution in [0.1, 0.15) is 128 Å². The molecule has 0 spiro atoms. The maximum Gasteiger partial charge on any atom is 0.147 e. The van der Waals surface area contributed by atoms with E-state index in [0.29, 0.717) is 5.92 Å². The minimum atomic E-state index is 0.618. The van der Waals surface area contributed by atoms with Crippen LogP contribution in [0.3, 0.4) is 0 Å². The minimum Gasteiger partial charge on any atom is -0.494 e. The summed E-state index contributed by atoms with van der Waals surface area (Å²) in [6.07, 6.45) is 21.5. The Labute approximate surface area is 206 Å². The lowest BCUT2D eigenvalue weighted by molar-refractivity contribution is 0.302. The van der Waals surface area contributed by atoms with Crippen molar-refractivity contribution < 1.29 is 4.74 Å². The molecule has 0 N–H and O–H groups in total. The number of hydrogen-bond donors (Lipinski definition) is 0. The molecule has 0 atom stereocenters. The second-order valence-electron chi connectivity index (χ2n) is 10.0. The summed E-state index contributed by atoms with van der Waals surface area (Å²) in [5.74, 6) is 2.53. The van der Waals surface area contributed by atoms with Crippen LogP contribution in [0.25, 0.3) is 10.6 Å². The van der Waals surface area contributed by atoms with E-state index in [0.717, 1.165) is 35.3 Å². The molecule has 0 radical (unpaired) electrons. The summed E-state index contributed by atoms with van der Waals surface area (Å²) in [5, 5.41) is 11.4. The molecule has 1 aromatic carbocycles. The lowest BCUT2D eigenvalue weighted by Crippen LogP contribution is -2.13. The van der Waals surface area contributed by atoms with Crippen molar-refractivity contribution in [3.05, 3.63) is 29.3 Å². The van der Waals surface area contributed by atoms with Gasteiger partial charge in [0.25, 0.3) is 0 Å². The predicted octanol–water partition coefficient (Wildman–Crippen LogP) is 9.58. The first-order chi connectivity index (χ1) is 16.3. The van der Waals surface area contributed by atoms with Crippen LogP contribution in [0.5, 0.6) is 5.75 Å². The zero-order valence-corrected chi connectivity index (χ0v) is 22.0. The summed E-state index contributed by atoms with van der Waals surface area (Å²) in [5.41, 5.74) is 1.16. The maximum absolute atomic E-state index is 5.95. The Morgan fingerprint density at radius 1 is 0.758 bits per heavy atom. The van der Waals surface area contributed by atoms with Crippen molar-refractivity contribution in [2.24, 2.45) is 5.92 Å². The third-order valence-electron chi connectivity index (χ3n) is 7.22. The molecule has 3 rings (SSSR count). The summed E-state index contributed by atoms with van der Waals surface area (Å²) in [6, 6.07) is 8.45. The highest BCUT2D eigenvalue weighted by molar-refractivity contribution is 7.14. The largest absolute Gasteiger partial charge is 0.494 e. The average molecular weight is 471 g/mol. The Morgan fingerprint density at radius 2 is 1.39 bits per heavy atom. The highest BCUT2D eigenvalue weighted by Crippen LogP contribution is 2.40. The van der Waals surface area contributed by atoms with Gasteiger partial charge in [-0.05, 0) is 62.3 Å². The molecule has 0 aliphatic heterocycles. The van der Waals surface area contributed by atoms with Gasteiger partial charge in [0.15, 0.2) is 0 Å². The van der Waals surface area contributed by atoms with Crippen LogP contribution >= 0.6 is 11.3 Å². The van der Waals surface area contributed by atoms with Crippen LogP contribution in [0.4, 0.5) is 0 Å². The molecule has 4 heteroatoms. The van der Waals surface area contributed by atoms with Crippen molar-refractivity contribution in [2.75, 3.05) is 6.61 Å². The van der Waals surface area contributed by atoms with Crippen LogP contribution in [0.15, 0.2) is 24.3 Å². The van der Waals surface area contributed by atoms with Gasteiger partial charge in [0.1, 0.15) is 15.8 Å². The Hall–Kier alpha value is -1.42. The molecular weight excluding hydrogens is 424 g/mol. The van der Waals surface area contributed by atoms with Gasteiger partial charge in [-0.3, -0.25) is 0 Å². The van der Waals surface area contributed by atoms with Gasteiger partial charge in [-0.2, -0.15) is 0 Å². The van der Waals surface area contributed by atoms with E-state index in [2.05, 4.69) is 48.3 Å². The fourth-order valence-electron chi connectivity index (χ4n) is 5.02. The van der Waals surface area contributed by atoms with Crippen LogP contribution in [-0.2, 0) is 0 Å². The summed E-state index contributed by atoms with van der Waals surface area (Å²) in [4.78, 5) is 0. The van der Waals surface area contributed by atoms with Gasteiger partial charge in [0, 0.05) is 11.5 Å². The molecule has 1 heterocycles. The van der Waals surface area contributed by atoms with E-state index in [1.807, 2.05) is 0 Å². The SMILES string of the molecule is CCCCCCCCCCOc1ccc(-c2nnc(C3CCC(CCCCC)CC3)s2)cc1. The van der Waals surface area contributed by atoms with Gasteiger partial charge < -0.3 is 4.74 Å². The van der Waals surface area contributed by atoms with E-state index >= 15 is 0 Å². The lowest BCUT2D eigenvalue weighted by atomic mass is 9.80. The zero-order valence-electron chi connectivity index (χ0n) is 21.2. The molecule has 0 unspecified atom stereocenters. The Bertz CT molecular complexity index is 749. The van der Waals surface area contributed by atoms with Gasteiger partial charge >= 0.3 is 0 Å². The van der Waals surface area contributed by atoms with E-state index in [1.165, 1.54) is 101 Å². The third kappa shape index (κ3) is 9.39. The van der Waals surface area contributed by atoms with Crippen molar-refractivity contribution >= 4 is 11.3 Å². The van der Waals surface area contributed by atoms with Crippen molar-refractivity contribution in [3.63, 3.8) is 0 Å². The second-order valence-corrected chi connectivity index (χ2v) is 11.0. The number of hydrogen-bond acceptors (Lipinski definition) is 4. The number of ether oxygens (including phenoxy) is 1. The van der Waals surface area contributed by atoms with Gasteiger partial charge in [-0.1, -0.05) is 95.8 Å². The zero-order chi connectivity index (χ0) is 23.1. The Kier molecular flexibility index (Phi) is 12.3. The van der Waals surface area contributed by atoms with E-state index in [4.69, 9.17) is 4.74 Å². The summed E-state index contributed by atoms with van der Waals surface area (Å²) >= 11 is 1.79. The molecule has 2 aromatic rings. The molecule has 1 fully saturated rings. The first kappa shape index (κ1) is 26.2. The molecule has 0 bridgehead atoms. The average Bonchev–Trinajstić information content (AvgIpc) is 3.34. The van der Waals surface area contributed by atoms with Crippen molar-refractivity contribution in [2.45, 2.75) is 122 Å². The first-order valence-corrected chi connectivity index (χ1v) is 14.7. The number of nitrogens with zero attached hydrogens (tertiary/aromatic N) is 2. The number of unbranched alkanes of at least 4 members (excludes halogenated alkanes) is 9. The number of rotatable bonds is 16. The molecule has 3 nitrogen and oxygen atoms in total. The Balaban J connectivity index is 1.35. The van der Waals surface area contributed by atoms with E-state index < -0.39 is 0 Å². The highest BCUT2D eigenvalue weighted by Gasteiger charge is 2.25. The molecule has 1 saturated carbocycles. The van der Waals surface area contributed by atoms with E-state index in [9.17, 15) is 0 Å². The fourth-order valence-corrected chi connectivity index (χ4v) is 6.03. The predicted molar refractivity (Wildman–Crippen MR) is 142 cm³/mol. The fraction of sp³-hybridized carbons (Fsp3) is 0.724. The van der Waals surface area contributed by atoms with E-state index in [1.54, 1.807) is 11.3 Å². The quantitative estimate of drug-likeness (QED) is 0.229. The number of benzene rings is 1. The summed E-state index contributed by atoms with van der Waals surface area (Å²) in [7, 11) is 0. The second kappa shape index (κ2) is 15.5. The van der Waals surface area contributed by atoms with Crippen LogP contribution in [0, 0.1) is 5.92 Å². The minimum absolute atomic E-state index is 0.618. The Morgan fingerprint density at radius 3 is 2.09 bits per heavy atom. The highest BCUT2D eigenvalue weighted by atomic mass is 32.1. The van der Waals surface area contributed by atoms with Gasteiger partial charge in [0.05, 0.1) is 6.61 Å². The molecule has 1 aromatic heterocycles. The molecule has 1 aliphatic carbocycles. The van der Waals surface area contributed by atoms with Crippen LogP contribution in [0.2, 0.25) is 0 Å². The van der Waals surface area contributed by atoms with Crippen LogP contribution < -0.4 is 4.74 Å². The first-order valence-electron chi connectivity index (χ1n) is 13.9. The topological polar surface area (TPSA) is 35.0 Å². The van der Waals surface area contributed by atoms with Gasteiger partial charge in [-0.15, -0.1) is 10.2 Å². The van der Waals surface area contributed by atoms with Gasteiger partial charge in [0.2, 0.25) is 0 Å². The summed E-state index contributed by atoms with van der Waals surface area (Å²) < 4.78 is 5.95. The maximum atomic E-state index is 5.95.